The van der Waals surface area contributed by atoms with E-state index in [9.17, 15) is 9.59 Å². The van der Waals surface area contributed by atoms with Crippen molar-refractivity contribution in [3.8, 4) is 11.5 Å². The first kappa shape index (κ1) is 20.3. The number of rotatable bonds is 9. The van der Waals surface area contributed by atoms with Gasteiger partial charge in [0.25, 0.3) is 11.5 Å². The number of carbonyl (C=O) groups is 1. The third kappa shape index (κ3) is 5.32. The smallest absolute Gasteiger partial charge is 0.260 e. The van der Waals surface area contributed by atoms with Crippen molar-refractivity contribution in [2.75, 3.05) is 34.0 Å². The van der Waals surface area contributed by atoms with Crippen LogP contribution in [-0.2, 0) is 16.1 Å². The first-order chi connectivity index (χ1) is 14.1. The number of aromatic nitrogens is 2. The fourth-order valence-corrected chi connectivity index (χ4v) is 2.79. The zero-order chi connectivity index (χ0) is 20.6. The summed E-state index contributed by atoms with van der Waals surface area (Å²) in [6.07, 6.45) is 0. The number of hydrogen-bond donors (Lipinski definition) is 1. The lowest BCUT2D eigenvalue weighted by Gasteiger charge is -2.22. The number of para-hydroxylation sites is 1. The van der Waals surface area contributed by atoms with Gasteiger partial charge in [0.2, 0.25) is 0 Å². The van der Waals surface area contributed by atoms with Gasteiger partial charge in [-0.05, 0) is 36.4 Å². The Morgan fingerprint density at radius 3 is 2.52 bits per heavy atom. The summed E-state index contributed by atoms with van der Waals surface area (Å²) in [7, 11) is 3.14. The van der Waals surface area contributed by atoms with E-state index in [4.69, 9.17) is 14.2 Å². The molecule has 0 aliphatic rings. The van der Waals surface area contributed by atoms with Crippen LogP contribution in [0, 0.1) is 0 Å². The van der Waals surface area contributed by atoms with Crippen LogP contribution in [0.4, 0.5) is 0 Å². The molecule has 1 N–H and O–H groups in total. The number of H-pyrrole nitrogens is 1. The number of benzene rings is 2. The molecule has 8 heteroatoms. The SMILES string of the molecule is COCCN(Cc1nc2ccccc2c(=O)[nH]1)C(=O)COc1ccc(OC)cc1. The molecule has 3 aromatic rings. The van der Waals surface area contributed by atoms with Crippen LogP contribution >= 0.6 is 0 Å². The molecule has 0 atom stereocenters. The maximum absolute atomic E-state index is 12.7. The van der Waals surface area contributed by atoms with Crippen LogP contribution in [0.2, 0.25) is 0 Å². The Bertz CT molecular complexity index is 1020. The minimum absolute atomic E-state index is 0.145. The molecule has 152 valence electrons. The van der Waals surface area contributed by atoms with Gasteiger partial charge in [-0.15, -0.1) is 0 Å². The lowest BCUT2D eigenvalue weighted by atomic mass is 10.2. The van der Waals surface area contributed by atoms with Gasteiger partial charge in [0.15, 0.2) is 6.61 Å². The quantitative estimate of drug-likeness (QED) is 0.593. The number of hydrogen-bond acceptors (Lipinski definition) is 6. The Morgan fingerprint density at radius 1 is 1.07 bits per heavy atom. The molecule has 8 nitrogen and oxygen atoms in total. The molecule has 1 aromatic heterocycles. The number of aromatic amines is 1. The van der Waals surface area contributed by atoms with E-state index in [1.165, 1.54) is 0 Å². The molecule has 3 rings (SSSR count). The average Bonchev–Trinajstić information content (AvgIpc) is 2.75. The van der Waals surface area contributed by atoms with Crippen molar-refractivity contribution < 1.29 is 19.0 Å². The summed E-state index contributed by atoms with van der Waals surface area (Å²) < 4.78 is 15.8. The number of nitrogens with zero attached hydrogens (tertiary/aromatic N) is 2. The second-order valence-corrected chi connectivity index (χ2v) is 6.30. The van der Waals surface area contributed by atoms with Gasteiger partial charge in [0, 0.05) is 13.7 Å². The van der Waals surface area contributed by atoms with E-state index in [1.54, 1.807) is 61.6 Å². The lowest BCUT2D eigenvalue weighted by molar-refractivity contribution is -0.134. The van der Waals surface area contributed by atoms with E-state index in [1.807, 2.05) is 6.07 Å². The maximum Gasteiger partial charge on any atom is 0.260 e. The molecule has 0 saturated carbocycles. The summed E-state index contributed by atoms with van der Waals surface area (Å²) in [4.78, 5) is 33.7. The van der Waals surface area contributed by atoms with Crippen molar-refractivity contribution >= 4 is 16.8 Å². The second-order valence-electron chi connectivity index (χ2n) is 6.30. The van der Waals surface area contributed by atoms with E-state index in [2.05, 4.69) is 9.97 Å². The molecular weight excluding hydrogens is 374 g/mol. The molecule has 1 amide bonds. The van der Waals surface area contributed by atoms with Crippen LogP contribution in [0.15, 0.2) is 53.3 Å². The summed E-state index contributed by atoms with van der Waals surface area (Å²) in [6.45, 7) is 0.700. The van der Waals surface area contributed by atoms with E-state index in [0.717, 1.165) is 0 Å². The monoisotopic (exact) mass is 397 g/mol. The van der Waals surface area contributed by atoms with Gasteiger partial charge in [-0.25, -0.2) is 4.98 Å². The zero-order valence-electron chi connectivity index (χ0n) is 16.4. The normalized spacial score (nSPS) is 10.7. The summed E-state index contributed by atoms with van der Waals surface area (Å²) in [5.41, 5.74) is 0.346. The van der Waals surface area contributed by atoms with Crippen molar-refractivity contribution in [1.82, 2.24) is 14.9 Å². The van der Waals surface area contributed by atoms with Gasteiger partial charge < -0.3 is 24.1 Å². The number of fused-ring (bicyclic) bond motifs is 1. The van der Waals surface area contributed by atoms with Crippen molar-refractivity contribution in [3.63, 3.8) is 0 Å². The standard InChI is InChI=1S/C21H23N3O5/c1-27-12-11-24(20(25)14-29-16-9-7-15(28-2)8-10-16)13-19-22-18-6-4-3-5-17(18)21(26)23-19/h3-10H,11-14H2,1-2H3,(H,22,23,26). The Hall–Kier alpha value is -3.39. The highest BCUT2D eigenvalue weighted by molar-refractivity contribution is 5.78. The van der Waals surface area contributed by atoms with E-state index < -0.39 is 0 Å². The predicted octanol–water partition coefficient (Wildman–Crippen LogP) is 1.99. The van der Waals surface area contributed by atoms with Gasteiger partial charge in [-0.2, -0.15) is 0 Å². The molecule has 0 radical (unpaired) electrons. The maximum atomic E-state index is 12.7. The highest BCUT2D eigenvalue weighted by Gasteiger charge is 2.16. The fourth-order valence-electron chi connectivity index (χ4n) is 2.79. The van der Waals surface area contributed by atoms with Crippen LogP contribution in [0.3, 0.4) is 0 Å². The topological polar surface area (TPSA) is 93.8 Å². The first-order valence-corrected chi connectivity index (χ1v) is 9.12. The van der Waals surface area contributed by atoms with Crippen molar-refractivity contribution in [3.05, 3.63) is 64.7 Å². The molecular formula is C21H23N3O5. The summed E-state index contributed by atoms with van der Waals surface area (Å²) >= 11 is 0. The third-order valence-corrected chi connectivity index (χ3v) is 4.34. The second kappa shape index (κ2) is 9.70. The number of carbonyl (C=O) groups excluding carboxylic acids is 1. The molecule has 0 saturated heterocycles. The van der Waals surface area contributed by atoms with Crippen molar-refractivity contribution in [2.24, 2.45) is 0 Å². The minimum Gasteiger partial charge on any atom is -0.497 e. The van der Waals surface area contributed by atoms with Crippen LogP contribution in [0.25, 0.3) is 10.9 Å². The van der Waals surface area contributed by atoms with E-state index in [0.29, 0.717) is 41.4 Å². The van der Waals surface area contributed by atoms with Gasteiger partial charge in [-0.1, -0.05) is 12.1 Å². The first-order valence-electron chi connectivity index (χ1n) is 9.12. The zero-order valence-corrected chi connectivity index (χ0v) is 16.4. The molecule has 2 aromatic carbocycles. The molecule has 0 fully saturated rings. The molecule has 1 heterocycles. The van der Waals surface area contributed by atoms with Gasteiger partial charge in [-0.3, -0.25) is 9.59 Å². The minimum atomic E-state index is -0.242. The van der Waals surface area contributed by atoms with Gasteiger partial charge in [0.05, 0.1) is 31.2 Å². The molecule has 0 bridgehead atoms. The van der Waals surface area contributed by atoms with Crippen LogP contribution in [0.1, 0.15) is 5.82 Å². The fraction of sp³-hybridized carbons (Fsp3) is 0.286. The molecule has 0 unspecified atom stereocenters. The number of amides is 1. The third-order valence-electron chi connectivity index (χ3n) is 4.34. The van der Waals surface area contributed by atoms with Crippen LogP contribution in [0.5, 0.6) is 11.5 Å². The molecule has 0 aliphatic carbocycles. The predicted molar refractivity (Wildman–Crippen MR) is 108 cm³/mol. The Kier molecular flexibility index (Phi) is 6.80. The summed E-state index contributed by atoms with van der Waals surface area (Å²) in [6, 6.07) is 14.0. The molecule has 0 aliphatic heterocycles. The Morgan fingerprint density at radius 2 is 1.79 bits per heavy atom. The van der Waals surface area contributed by atoms with Gasteiger partial charge in [0.1, 0.15) is 17.3 Å². The van der Waals surface area contributed by atoms with E-state index >= 15 is 0 Å². The Labute approximate surface area is 168 Å². The van der Waals surface area contributed by atoms with Crippen molar-refractivity contribution in [2.45, 2.75) is 6.54 Å². The lowest BCUT2D eigenvalue weighted by Crippen LogP contribution is -2.37. The molecule has 0 spiro atoms. The average molecular weight is 397 g/mol. The van der Waals surface area contributed by atoms with Gasteiger partial charge >= 0.3 is 0 Å². The highest BCUT2D eigenvalue weighted by atomic mass is 16.5. The van der Waals surface area contributed by atoms with E-state index in [-0.39, 0.29) is 24.6 Å². The molecule has 29 heavy (non-hydrogen) atoms. The van der Waals surface area contributed by atoms with Crippen LogP contribution < -0.4 is 15.0 Å². The number of methoxy groups -OCH3 is 2. The summed E-state index contributed by atoms with van der Waals surface area (Å²) in [5, 5.41) is 0.508. The largest absolute Gasteiger partial charge is 0.497 e. The highest BCUT2D eigenvalue weighted by Crippen LogP contribution is 2.17. The summed E-state index contributed by atoms with van der Waals surface area (Å²) in [5.74, 6) is 1.43. The number of ether oxygens (including phenoxy) is 3. The number of nitrogens with one attached hydrogen (secondary N) is 1. The Balaban J connectivity index is 1.71. The van der Waals surface area contributed by atoms with Crippen LogP contribution in [-0.4, -0.2) is 54.8 Å². The van der Waals surface area contributed by atoms with Crippen molar-refractivity contribution in [1.29, 1.82) is 0 Å².